The summed E-state index contributed by atoms with van der Waals surface area (Å²) in [5.74, 6) is 6.20. The molecule has 0 heterocycles. The first kappa shape index (κ1) is 10.5. The molecule has 0 bridgehead atoms. The molecule has 0 unspecified atom stereocenters. The molecule has 0 aliphatic heterocycles. The Morgan fingerprint density at radius 1 is 1.09 bits per heavy atom. The third-order valence-corrected chi connectivity index (χ3v) is 1.46. The minimum atomic E-state index is 0.765. The number of rotatable bonds is 5. The number of methoxy groups -OCH3 is 1. The summed E-state index contributed by atoms with van der Waals surface area (Å²) in [6.45, 7) is 2.97. The van der Waals surface area contributed by atoms with Crippen LogP contribution in [0, 0.1) is 11.8 Å². The Balaban J connectivity index is 2.99. The third-order valence-electron chi connectivity index (χ3n) is 1.46. The van der Waals surface area contributed by atoms with Crippen LogP contribution in [0.5, 0.6) is 0 Å². The minimum absolute atomic E-state index is 0.765. The zero-order valence-electron chi connectivity index (χ0n) is 7.65. The molecule has 0 aromatic rings. The molecule has 0 atom stereocenters. The van der Waals surface area contributed by atoms with Crippen molar-refractivity contribution in [3.05, 3.63) is 0 Å². The second kappa shape index (κ2) is 9.52. The predicted octanol–water partition coefficient (Wildman–Crippen LogP) is 2.61. The molecule has 0 rings (SSSR count). The van der Waals surface area contributed by atoms with E-state index >= 15 is 0 Å². The van der Waals surface area contributed by atoms with Crippen LogP contribution in [0.2, 0.25) is 0 Å². The lowest BCUT2D eigenvalue weighted by Gasteiger charge is -1.89. The zero-order valence-corrected chi connectivity index (χ0v) is 7.65. The second-order valence-electron chi connectivity index (χ2n) is 2.55. The number of hydrogen-bond donors (Lipinski definition) is 0. The molecule has 0 spiro atoms. The molecule has 0 fully saturated rings. The summed E-state index contributed by atoms with van der Waals surface area (Å²) >= 11 is 0. The van der Waals surface area contributed by atoms with Crippen molar-refractivity contribution < 1.29 is 4.74 Å². The van der Waals surface area contributed by atoms with Gasteiger partial charge in [-0.1, -0.05) is 19.8 Å². The molecule has 0 aliphatic rings. The summed E-state index contributed by atoms with van der Waals surface area (Å²) in [6.07, 6.45) is 5.76. The minimum Gasteiger partial charge on any atom is -0.384 e. The van der Waals surface area contributed by atoms with Crippen molar-refractivity contribution >= 4 is 0 Å². The van der Waals surface area contributed by atoms with Crippen LogP contribution in [0.4, 0.5) is 0 Å². The van der Waals surface area contributed by atoms with E-state index in [1.807, 2.05) is 0 Å². The smallest absolute Gasteiger partial charge is 0.0571 e. The van der Waals surface area contributed by atoms with Crippen LogP contribution in [-0.2, 0) is 4.74 Å². The summed E-state index contributed by atoms with van der Waals surface area (Å²) in [7, 11) is 1.71. The maximum Gasteiger partial charge on any atom is 0.0571 e. The van der Waals surface area contributed by atoms with Gasteiger partial charge in [0, 0.05) is 20.0 Å². The first-order valence-electron chi connectivity index (χ1n) is 4.36. The van der Waals surface area contributed by atoms with E-state index in [0.717, 1.165) is 19.4 Å². The van der Waals surface area contributed by atoms with Crippen molar-refractivity contribution in [3.63, 3.8) is 0 Å². The van der Waals surface area contributed by atoms with E-state index in [1.165, 1.54) is 19.3 Å². The maximum absolute atomic E-state index is 4.87. The highest BCUT2D eigenvalue weighted by atomic mass is 16.5. The molecule has 0 radical (unpaired) electrons. The zero-order chi connectivity index (χ0) is 8.36. The Hall–Kier alpha value is -0.480. The summed E-state index contributed by atoms with van der Waals surface area (Å²) in [5.41, 5.74) is 0. The summed E-state index contributed by atoms with van der Waals surface area (Å²) < 4.78 is 4.87. The lowest BCUT2D eigenvalue weighted by atomic mass is 10.2. The van der Waals surface area contributed by atoms with Crippen LogP contribution >= 0.6 is 0 Å². The molecule has 0 saturated carbocycles. The second-order valence-corrected chi connectivity index (χ2v) is 2.55. The molecule has 1 nitrogen and oxygen atoms in total. The van der Waals surface area contributed by atoms with Crippen LogP contribution < -0.4 is 0 Å². The van der Waals surface area contributed by atoms with Gasteiger partial charge in [-0.2, -0.15) is 0 Å². The van der Waals surface area contributed by atoms with Gasteiger partial charge in [0.05, 0.1) is 6.61 Å². The van der Waals surface area contributed by atoms with Crippen molar-refractivity contribution in [2.45, 2.75) is 39.0 Å². The number of unbranched alkanes of at least 4 members (excludes halogenated alkanes) is 3. The molecule has 0 aromatic heterocycles. The molecule has 11 heavy (non-hydrogen) atoms. The fraction of sp³-hybridized carbons (Fsp3) is 0.800. The molecule has 0 N–H and O–H groups in total. The highest BCUT2D eigenvalue weighted by Crippen LogP contribution is 1.96. The van der Waals surface area contributed by atoms with Gasteiger partial charge in [-0.3, -0.25) is 0 Å². The SMILES string of the molecule is CCCCCC#CCCOC. The summed E-state index contributed by atoms with van der Waals surface area (Å²) in [4.78, 5) is 0. The largest absolute Gasteiger partial charge is 0.384 e. The molecule has 64 valence electrons. The highest BCUT2D eigenvalue weighted by molar-refractivity contribution is 4.98. The molecular weight excluding hydrogens is 136 g/mol. The Bertz CT molecular complexity index is 119. The van der Waals surface area contributed by atoms with Crippen molar-refractivity contribution in [1.29, 1.82) is 0 Å². The van der Waals surface area contributed by atoms with E-state index in [4.69, 9.17) is 4.74 Å². The molecule has 0 saturated heterocycles. The van der Waals surface area contributed by atoms with E-state index in [-0.39, 0.29) is 0 Å². The molecule has 1 heteroatoms. The Morgan fingerprint density at radius 2 is 1.82 bits per heavy atom. The fourth-order valence-corrected chi connectivity index (χ4v) is 0.793. The quantitative estimate of drug-likeness (QED) is 0.437. The molecule has 0 aliphatic carbocycles. The van der Waals surface area contributed by atoms with Crippen LogP contribution in [0.3, 0.4) is 0 Å². The average Bonchev–Trinajstić information content (AvgIpc) is 2.03. The van der Waals surface area contributed by atoms with Crippen LogP contribution in [0.1, 0.15) is 39.0 Å². The Morgan fingerprint density at radius 3 is 2.45 bits per heavy atom. The first-order chi connectivity index (χ1) is 5.41. The van der Waals surface area contributed by atoms with E-state index in [1.54, 1.807) is 7.11 Å². The third kappa shape index (κ3) is 9.52. The monoisotopic (exact) mass is 154 g/mol. The van der Waals surface area contributed by atoms with Gasteiger partial charge in [-0.25, -0.2) is 0 Å². The van der Waals surface area contributed by atoms with E-state index in [2.05, 4.69) is 18.8 Å². The van der Waals surface area contributed by atoms with Crippen molar-refractivity contribution in [1.82, 2.24) is 0 Å². The van der Waals surface area contributed by atoms with Crippen LogP contribution in [0.25, 0.3) is 0 Å². The molecule has 0 aromatic carbocycles. The summed E-state index contributed by atoms with van der Waals surface area (Å²) in [5, 5.41) is 0. The van der Waals surface area contributed by atoms with E-state index in [0.29, 0.717) is 0 Å². The lowest BCUT2D eigenvalue weighted by molar-refractivity contribution is 0.206. The van der Waals surface area contributed by atoms with Gasteiger partial charge in [0.1, 0.15) is 0 Å². The van der Waals surface area contributed by atoms with Crippen LogP contribution in [-0.4, -0.2) is 13.7 Å². The number of hydrogen-bond acceptors (Lipinski definition) is 1. The van der Waals surface area contributed by atoms with E-state index in [9.17, 15) is 0 Å². The van der Waals surface area contributed by atoms with Gasteiger partial charge in [0.25, 0.3) is 0 Å². The lowest BCUT2D eigenvalue weighted by Crippen LogP contribution is -1.83. The van der Waals surface area contributed by atoms with Gasteiger partial charge in [-0.15, -0.1) is 11.8 Å². The molecular formula is C10H18O. The fourth-order valence-electron chi connectivity index (χ4n) is 0.793. The van der Waals surface area contributed by atoms with Gasteiger partial charge >= 0.3 is 0 Å². The standard InChI is InChI=1S/C10H18O/c1-3-4-5-6-7-8-9-10-11-2/h3-6,9-10H2,1-2H3. The van der Waals surface area contributed by atoms with Crippen molar-refractivity contribution in [2.24, 2.45) is 0 Å². The summed E-state index contributed by atoms with van der Waals surface area (Å²) in [6, 6.07) is 0. The van der Waals surface area contributed by atoms with Gasteiger partial charge in [0.2, 0.25) is 0 Å². The van der Waals surface area contributed by atoms with Crippen molar-refractivity contribution in [3.8, 4) is 11.8 Å². The number of ether oxygens (including phenoxy) is 1. The van der Waals surface area contributed by atoms with Gasteiger partial charge in [0.15, 0.2) is 0 Å². The maximum atomic E-state index is 4.87. The van der Waals surface area contributed by atoms with Crippen LogP contribution in [0.15, 0.2) is 0 Å². The topological polar surface area (TPSA) is 9.23 Å². The first-order valence-corrected chi connectivity index (χ1v) is 4.36. The molecule has 0 amide bonds. The normalized spacial score (nSPS) is 8.91. The highest BCUT2D eigenvalue weighted by Gasteiger charge is 1.80. The van der Waals surface area contributed by atoms with Gasteiger partial charge in [-0.05, 0) is 6.42 Å². The average molecular weight is 154 g/mol. The van der Waals surface area contributed by atoms with E-state index < -0.39 is 0 Å². The predicted molar refractivity (Wildman–Crippen MR) is 48.4 cm³/mol. The Labute approximate surface area is 70.1 Å². The van der Waals surface area contributed by atoms with Crippen molar-refractivity contribution in [2.75, 3.05) is 13.7 Å². The van der Waals surface area contributed by atoms with Gasteiger partial charge < -0.3 is 4.74 Å². The Kier molecular flexibility index (Phi) is 9.10.